The summed E-state index contributed by atoms with van der Waals surface area (Å²) in [4.78, 5) is 19.8. The predicted molar refractivity (Wildman–Crippen MR) is 138 cm³/mol. The molecule has 2 unspecified atom stereocenters. The van der Waals surface area contributed by atoms with Crippen LogP contribution in [0, 0.1) is 10.1 Å². The molecule has 0 aliphatic heterocycles. The van der Waals surface area contributed by atoms with Crippen molar-refractivity contribution in [2.75, 3.05) is 14.2 Å². The van der Waals surface area contributed by atoms with E-state index in [9.17, 15) is 10.1 Å². The highest BCUT2D eigenvalue weighted by molar-refractivity contribution is 8.13. The monoisotopic (exact) mass is 494 g/mol. The van der Waals surface area contributed by atoms with Gasteiger partial charge in [0, 0.05) is 12.8 Å². The Bertz CT molecular complexity index is 1150. The molecular weight excluding hydrogens is 464 g/mol. The molecule has 0 amide bonds. The number of methoxy groups -OCH3 is 1. The van der Waals surface area contributed by atoms with E-state index >= 15 is 0 Å². The number of aliphatic imine (C=N–C) groups is 1. The fourth-order valence-electron chi connectivity index (χ4n) is 4.65. The second kappa shape index (κ2) is 11.5. The summed E-state index contributed by atoms with van der Waals surface area (Å²) in [6.45, 7) is 0.462. The highest BCUT2D eigenvalue weighted by Crippen LogP contribution is 2.43. The molecule has 184 valence electrons. The van der Waals surface area contributed by atoms with E-state index in [4.69, 9.17) is 14.5 Å². The third-order valence-corrected chi connectivity index (χ3v) is 7.71. The van der Waals surface area contributed by atoms with E-state index in [1.807, 2.05) is 59.2 Å². The zero-order valence-electron chi connectivity index (χ0n) is 20.0. The summed E-state index contributed by atoms with van der Waals surface area (Å²) < 4.78 is 13.7. The van der Waals surface area contributed by atoms with Crippen LogP contribution in [0.15, 0.2) is 72.1 Å². The SMILES string of the molecule is CN=C(SCc1ccc(OC)cc1)C1(n2cnc([N+](=O)[O-])c2)CCCCC1OCc1ccccc1. The molecule has 1 aliphatic rings. The molecule has 1 saturated carbocycles. The Morgan fingerprint density at radius 3 is 2.63 bits per heavy atom. The lowest BCUT2D eigenvalue weighted by Crippen LogP contribution is -2.53. The highest BCUT2D eigenvalue weighted by atomic mass is 32.2. The van der Waals surface area contributed by atoms with Gasteiger partial charge in [0.1, 0.15) is 17.5 Å². The third-order valence-electron chi connectivity index (χ3n) is 6.43. The Morgan fingerprint density at radius 2 is 1.97 bits per heavy atom. The number of rotatable bonds is 9. The zero-order valence-corrected chi connectivity index (χ0v) is 20.8. The third kappa shape index (κ3) is 5.57. The fraction of sp³-hybridized carbons (Fsp3) is 0.385. The van der Waals surface area contributed by atoms with Crippen LogP contribution in [-0.4, -0.2) is 39.8 Å². The molecule has 8 nitrogen and oxygen atoms in total. The van der Waals surface area contributed by atoms with Crippen molar-refractivity contribution in [1.29, 1.82) is 0 Å². The Kier molecular flexibility index (Phi) is 8.20. The molecule has 9 heteroatoms. The van der Waals surface area contributed by atoms with E-state index in [-0.39, 0.29) is 11.9 Å². The lowest BCUT2D eigenvalue weighted by molar-refractivity contribution is -0.389. The predicted octanol–water partition coefficient (Wildman–Crippen LogP) is 5.62. The van der Waals surface area contributed by atoms with Crippen molar-refractivity contribution in [1.82, 2.24) is 9.55 Å². The lowest BCUT2D eigenvalue weighted by Gasteiger charge is -2.44. The van der Waals surface area contributed by atoms with Gasteiger partial charge in [0.05, 0.1) is 24.9 Å². The van der Waals surface area contributed by atoms with E-state index in [2.05, 4.69) is 4.98 Å². The van der Waals surface area contributed by atoms with Gasteiger partial charge in [0.25, 0.3) is 0 Å². The summed E-state index contributed by atoms with van der Waals surface area (Å²) in [5, 5.41) is 12.3. The van der Waals surface area contributed by atoms with Crippen LogP contribution >= 0.6 is 11.8 Å². The van der Waals surface area contributed by atoms with Gasteiger partial charge in [-0.3, -0.25) is 9.56 Å². The minimum absolute atomic E-state index is 0.174. The average molecular weight is 495 g/mol. The number of hydrogen-bond donors (Lipinski definition) is 0. The number of nitrogens with zero attached hydrogens (tertiary/aromatic N) is 4. The average Bonchev–Trinajstić information content (AvgIpc) is 3.41. The number of imidazole rings is 1. The Balaban J connectivity index is 1.66. The van der Waals surface area contributed by atoms with Crippen LogP contribution in [0.3, 0.4) is 0 Å². The maximum Gasteiger partial charge on any atom is 0.381 e. The standard InChI is InChI=1S/C26H30N4O4S/c1-27-25(35-18-21-11-13-22(33-2)14-12-21)26(29-16-24(28-19-29)30(31)32)15-7-6-10-23(26)34-17-20-8-4-3-5-9-20/h3-5,8-9,11-14,16,19,23H,6-7,10,15,17-18H2,1-2H3. The molecule has 3 aromatic rings. The van der Waals surface area contributed by atoms with Crippen molar-refractivity contribution in [3.63, 3.8) is 0 Å². The minimum atomic E-state index is -0.666. The van der Waals surface area contributed by atoms with Gasteiger partial charge in [-0.2, -0.15) is 0 Å². The van der Waals surface area contributed by atoms with Crippen molar-refractivity contribution in [3.8, 4) is 5.75 Å². The molecule has 2 atom stereocenters. The number of aromatic nitrogens is 2. The second-order valence-corrected chi connectivity index (χ2v) is 9.48. The van der Waals surface area contributed by atoms with Crippen LogP contribution in [0.4, 0.5) is 5.82 Å². The summed E-state index contributed by atoms with van der Waals surface area (Å²) in [6.07, 6.45) is 6.47. The van der Waals surface area contributed by atoms with Gasteiger partial charge in [-0.25, -0.2) is 0 Å². The Morgan fingerprint density at radius 1 is 1.20 bits per heavy atom. The molecule has 2 aromatic carbocycles. The minimum Gasteiger partial charge on any atom is -0.497 e. The normalized spacial score (nSPS) is 20.5. The van der Waals surface area contributed by atoms with E-state index in [1.54, 1.807) is 32.2 Å². The van der Waals surface area contributed by atoms with Gasteiger partial charge >= 0.3 is 5.82 Å². The molecule has 1 fully saturated rings. The van der Waals surface area contributed by atoms with Crippen molar-refractivity contribution >= 4 is 22.6 Å². The smallest absolute Gasteiger partial charge is 0.381 e. The molecule has 1 aliphatic carbocycles. The van der Waals surface area contributed by atoms with E-state index in [0.29, 0.717) is 12.4 Å². The maximum atomic E-state index is 11.4. The Labute approximate surface area is 209 Å². The molecule has 1 aromatic heterocycles. The number of benzene rings is 2. The Hall–Kier alpha value is -3.17. The first-order valence-corrected chi connectivity index (χ1v) is 12.6. The van der Waals surface area contributed by atoms with E-state index < -0.39 is 10.5 Å². The first-order valence-electron chi connectivity index (χ1n) is 11.6. The molecule has 1 heterocycles. The molecule has 0 bridgehead atoms. The number of hydrogen-bond acceptors (Lipinski definition) is 7. The van der Waals surface area contributed by atoms with Crippen molar-refractivity contribution in [3.05, 3.63) is 88.4 Å². The van der Waals surface area contributed by atoms with Gasteiger partial charge in [-0.15, -0.1) is 11.8 Å². The van der Waals surface area contributed by atoms with E-state index in [1.165, 1.54) is 6.20 Å². The topological polar surface area (TPSA) is 91.8 Å². The van der Waals surface area contributed by atoms with Crippen LogP contribution in [-0.2, 0) is 22.6 Å². The van der Waals surface area contributed by atoms with Crippen molar-refractivity contribution in [2.24, 2.45) is 4.99 Å². The van der Waals surface area contributed by atoms with Gasteiger partial charge < -0.3 is 19.6 Å². The summed E-state index contributed by atoms with van der Waals surface area (Å²) in [6, 6.07) is 18.0. The molecule has 4 rings (SSSR count). The maximum absolute atomic E-state index is 11.4. The van der Waals surface area contributed by atoms with Crippen LogP contribution in [0.2, 0.25) is 0 Å². The second-order valence-electron chi connectivity index (χ2n) is 8.52. The van der Waals surface area contributed by atoms with Crippen LogP contribution < -0.4 is 4.74 Å². The van der Waals surface area contributed by atoms with Crippen molar-refractivity contribution in [2.45, 2.75) is 49.7 Å². The fourth-order valence-corrected chi connectivity index (χ4v) is 5.86. The van der Waals surface area contributed by atoms with Crippen molar-refractivity contribution < 1.29 is 14.4 Å². The molecule has 0 spiro atoms. The number of thioether (sulfide) groups is 1. The van der Waals surface area contributed by atoms with Gasteiger partial charge in [-0.1, -0.05) is 55.3 Å². The van der Waals surface area contributed by atoms with Gasteiger partial charge in [0.15, 0.2) is 0 Å². The van der Waals surface area contributed by atoms with Gasteiger partial charge in [0.2, 0.25) is 6.33 Å². The van der Waals surface area contributed by atoms with E-state index in [0.717, 1.165) is 47.6 Å². The van der Waals surface area contributed by atoms with Crippen LogP contribution in [0.25, 0.3) is 0 Å². The molecule has 35 heavy (non-hydrogen) atoms. The van der Waals surface area contributed by atoms with Crippen LogP contribution in [0.1, 0.15) is 36.8 Å². The zero-order chi connectivity index (χ0) is 24.7. The summed E-state index contributed by atoms with van der Waals surface area (Å²) >= 11 is 1.64. The number of nitro groups is 1. The largest absolute Gasteiger partial charge is 0.497 e. The molecule has 0 radical (unpaired) electrons. The molecular formula is C26H30N4O4S. The molecule has 0 saturated heterocycles. The first-order chi connectivity index (χ1) is 17.1. The summed E-state index contributed by atoms with van der Waals surface area (Å²) in [5.41, 5.74) is 1.56. The highest BCUT2D eigenvalue weighted by Gasteiger charge is 2.48. The van der Waals surface area contributed by atoms with Gasteiger partial charge in [-0.05, 0) is 46.0 Å². The molecule has 0 N–H and O–H groups in total. The van der Waals surface area contributed by atoms with Crippen LogP contribution in [0.5, 0.6) is 5.75 Å². The quantitative estimate of drug-likeness (QED) is 0.166. The lowest BCUT2D eigenvalue weighted by atomic mass is 9.79. The number of ether oxygens (including phenoxy) is 2. The summed E-state index contributed by atoms with van der Waals surface area (Å²) in [7, 11) is 3.44. The first kappa shape index (κ1) is 24.9. The summed E-state index contributed by atoms with van der Waals surface area (Å²) in [5.74, 6) is 1.35.